The predicted molar refractivity (Wildman–Crippen MR) is 131 cm³/mol. The Morgan fingerprint density at radius 2 is 1.74 bits per heavy atom. The summed E-state index contributed by atoms with van der Waals surface area (Å²) in [4.78, 5) is 27.5. The fourth-order valence-corrected chi connectivity index (χ4v) is 4.08. The van der Waals surface area contributed by atoms with Crippen LogP contribution in [0.1, 0.15) is 36.6 Å². The monoisotopic (exact) mass is 475 g/mol. The van der Waals surface area contributed by atoms with Crippen LogP contribution in [0.3, 0.4) is 0 Å². The minimum absolute atomic E-state index is 0.108. The van der Waals surface area contributed by atoms with Gasteiger partial charge in [0.1, 0.15) is 23.1 Å². The average molecular weight is 476 g/mol. The minimum Gasteiger partial charge on any atom is -0.507 e. The van der Waals surface area contributed by atoms with Crippen LogP contribution in [0.2, 0.25) is 0 Å². The zero-order chi connectivity index (χ0) is 25.3. The van der Waals surface area contributed by atoms with Crippen molar-refractivity contribution in [3.63, 3.8) is 0 Å². The van der Waals surface area contributed by atoms with Crippen molar-refractivity contribution in [1.82, 2.24) is 0 Å². The molecule has 3 aromatic rings. The van der Waals surface area contributed by atoms with Gasteiger partial charge in [0.25, 0.3) is 11.7 Å². The zero-order valence-electron chi connectivity index (χ0n) is 19.7. The first-order valence-electron chi connectivity index (χ1n) is 11.3. The number of nitrogens with zero attached hydrogens (tertiary/aromatic N) is 1. The molecule has 3 aromatic carbocycles. The number of aryl methyl sites for hydroxylation is 1. The van der Waals surface area contributed by atoms with Gasteiger partial charge in [-0.25, -0.2) is 4.39 Å². The largest absolute Gasteiger partial charge is 0.507 e. The van der Waals surface area contributed by atoms with Crippen molar-refractivity contribution in [1.29, 1.82) is 0 Å². The van der Waals surface area contributed by atoms with Crippen molar-refractivity contribution in [3.05, 3.63) is 94.8 Å². The highest BCUT2D eigenvalue weighted by Crippen LogP contribution is 2.44. The Morgan fingerprint density at radius 3 is 2.37 bits per heavy atom. The molecule has 1 atom stereocenters. The normalized spacial score (nSPS) is 17.3. The Kier molecular flexibility index (Phi) is 6.60. The highest BCUT2D eigenvalue weighted by molar-refractivity contribution is 6.51. The molecule has 0 aromatic heterocycles. The molecular formula is C28H26FNO5. The smallest absolute Gasteiger partial charge is 0.300 e. The highest BCUT2D eigenvalue weighted by atomic mass is 19.1. The molecule has 0 radical (unpaired) electrons. The van der Waals surface area contributed by atoms with Gasteiger partial charge in [-0.05, 0) is 66.4 Å². The third-order valence-corrected chi connectivity index (χ3v) is 5.79. The molecular weight excluding hydrogens is 449 g/mol. The van der Waals surface area contributed by atoms with Crippen LogP contribution < -0.4 is 9.64 Å². The van der Waals surface area contributed by atoms with E-state index in [1.807, 2.05) is 20.8 Å². The summed E-state index contributed by atoms with van der Waals surface area (Å²) in [7, 11) is 0. The summed E-state index contributed by atoms with van der Waals surface area (Å²) in [6.45, 7) is 6.43. The summed E-state index contributed by atoms with van der Waals surface area (Å²) >= 11 is 0. The van der Waals surface area contributed by atoms with Gasteiger partial charge in [-0.1, -0.05) is 38.1 Å². The third-order valence-electron chi connectivity index (χ3n) is 5.79. The van der Waals surface area contributed by atoms with Gasteiger partial charge < -0.3 is 14.9 Å². The Labute approximate surface area is 202 Å². The average Bonchev–Trinajstić information content (AvgIpc) is 3.09. The highest BCUT2D eigenvalue weighted by Gasteiger charge is 2.47. The van der Waals surface area contributed by atoms with Gasteiger partial charge in [0.2, 0.25) is 0 Å². The number of ketones is 1. The van der Waals surface area contributed by atoms with Crippen LogP contribution in [0.15, 0.2) is 72.3 Å². The van der Waals surface area contributed by atoms with Crippen LogP contribution in [0.4, 0.5) is 10.1 Å². The number of para-hydroxylation sites is 2. The van der Waals surface area contributed by atoms with Crippen LogP contribution in [0.5, 0.6) is 11.5 Å². The number of carbonyl (C=O) groups excluding carboxylic acids is 2. The maximum atomic E-state index is 13.7. The maximum absolute atomic E-state index is 13.7. The Bertz CT molecular complexity index is 1310. The molecule has 0 saturated carbocycles. The Morgan fingerprint density at radius 1 is 1.06 bits per heavy atom. The van der Waals surface area contributed by atoms with Crippen LogP contribution in [0.25, 0.3) is 5.76 Å². The van der Waals surface area contributed by atoms with E-state index in [1.54, 1.807) is 30.3 Å². The second-order valence-electron chi connectivity index (χ2n) is 8.89. The number of hydrogen-bond acceptors (Lipinski definition) is 5. The van der Waals surface area contributed by atoms with Crippen LogP contribution >= 0.6 is 0 Å². The third kappa shape index (κ3) is 4.62. The van der Waals surface area contributed by atoms with E-state index in [0.717, 1.165) is 10.5 Å². The number of halogens is 1. The summed E-state index contributed by atoms with van der Waals surface area (Å²) in [6.07, 6.45) is 0. The van der Waals surface area contributed by atoms with Gasteiger partial charge in [0, 0.05) is 5.56 Å². The van der Waals surface area contributed by atoms with E-state index in [-0.39, 0.29) is 22.8 Å². The molecule has 7 heteroatoms. The fourth-order valence-electron chi connectivity index (χ4n) is 4.08. The lowest BCUT2D eigenvalue weighted by Gasteiger charge is -2.26. The molecule has 180 valence electrons. The quantitative estimate of drug-likeness (QED) is 0.279. The van der Waals surface area contributed by atoms with E-state index < -0.39 is 23.5 Å². The second kappa shape index (κ2) is 9.62. The number of rotatable bonds is 6. The van der Waals surface area contributed by atoms with Crippen molar-refractivity contribution in [2.24, 2.45) is 5.92 Å². The van der Waals surface area contributed by atoms with E-state index >= 15 is 0 Å². The van der Waals surface area contributed by atoms with Crippen molar-refractivity contribution < 1.29 is 28.9 Å². The van der Waals surface area contributed by atoms with E-state index in [0.29, 0.717) is 29.4 Å². The van der Waals surface area contributed by atoms with Gasteiger partial charge in [0.15, 0.2) is 0 Å². The number of hydrogen-bond donors (Lipinski definition) is 2. The summed E-state index contributed by atoms with van der Waals surface area (Å²) < 4.78 is 19.5. The van der Waals surface area contributed by atoms with Gasteiger partial charge in [-0.15, -0.1) is 0 Å². The molecule has 0 aliphatic carbocycles. The number of aromatic hydroxyl groups is 1. The van der Waals surface area contributed by atoms with Gasteiger partial charge >= 0.3 is 0 Å². The SMILES string of the molecule is Cc1cc(/C(O)=C2/C(=O)C(=O)N(c3ccccc3O)C2c2ccc(F)cc2)ccc1OCC(C)C. The number of ether oxygens (including phenoxy) is 1. The molecule has 1 heterocycles. The number of aliphatic hydroxyl groups is 1. The first kappa shape index (κ1) is 24.0. The minimum atomic E-state index is -1.07. The van der Waals surface area contributed by atoms with E-state index in [2.05, 4.69) is 0 Å². The summed E-state index contributed by atoms with van der Waals surface area (Å²) in [5.41, 5.74) is 1.45. The summed E-state index contributed by atoms with van der Waals surface area (Å²) in [5.74, 6) is -1.88. The van der Waals surface area contributed by atoms with Crippen LogP contribution in [-0.2, 0) is 9.59 Å². The van der Waals surface area contributed by atoms with Crippen LogP contribution in [-0.4, -0.2) is 28.5 Å². The van der Waals surface area contributed by atoms with Crippen molar-refractivity contribution >= 4 is 23.1 Å². The molecule has 1 amide bonds. The first-order chi connectivity index (χ1) is 16.7. The summed E-state index contributed by atoms with van der Waals surface area (Å²) in [6, 6.07) is 15.4. The molecule has 4 rings (SSSR count). The molecule has 1 saturated heterocycles. The number of Topliss-reactive ketones (excluding diaryl/α,β-unsaturated/α-hetero) is 1. The van der Waals surface area contributed by atoms with Gasteiger partial charge in [-0.2, -0.15) is 0 Å². The van der Waals surface area contributed by atoms with E-state index in [4.69, 9.17) is 4.74 Å². The van der Waals surface area contributed by atoms with Crippen LogP contribution in [0, 0.1) is 18.7 Å². The Hall–Kier alpha value is -4.13. The predicted octanol–water partition coefficient (Wildman–Crippen LogP) is 5.50. The van der Waals surface area contributed by atoms with Gasteiger partial charge in [-0.3, -0.25) is 14.5 Å². The maximum Gasteiger partial charge on any atom is 0.300 e. The van der Waals surface area contributed by atoms with Crippen molar-refractivity contribution in [3.8, 4) is 11.5 Å². The Balaban J connectivity index is 1.86. The number of carbonyl (C=O) groups is 2. The standard InChI is InChI=1S/C28H26FNO5/c1-16(2)15-35-23-13-10-19(14-17(23)3)26(32)24-25(18-8-11-20(29)12-9-18)30(28(34)27(24)33)21-6-4-5-7-22(21)31/h4-14,16,25,31-32H,15H2,1-3H3/b26-24-. The number of anilines is 1. The van der Waals surface area contributed by atoms with Crippen molar-refractivity contribution in [2.45, 2.75) is 26.8 Å². The fraction of sp³-hybridized carbons (Fsp3) is 0.214. The lowest BCUT2D eigenvalue weighted by atomic mass is 9.94. The number of amides is 1. The molecule has 1 fully saturated rings. The molecule has 0 spiro atoms. The lowest BCUT2D eigenvalue weighted by Crippen LogP contribution is -2.29. The number of benzene rings is 3. The first-order valence-corrected chi connectivity index (χ1v) is 11.3. The molecule has 35 heavy (non-hydrogen) atoms. The van der Waals surface area contributed by atoms with Gasteiger partial charge in [0.05, 0.1) is 23.9 Å². The number of phenolic OH excluding ortho intramolecular Hbond substituents is 1. The van der Waals surface area contributed by atoms with E-state index in [9.17, 15) is 24.2 Å². The molecule has 1 unspecified atom stereocenters. The topological polar surface area (TPSA) is 87.1 Å². The molecule has 6 nitrogen and oxygen atoms in total. The van der Waals surface area contributed by atoms with E-state index in [1.165, 1.54) is 36.4 Å². The molecule has 1 aliphatic heterocycles. The second-order valence-corrected chi connectivity index (χ2v) is 8.89. The molecule has 0 bridgehead atoms. The number of phenols is 1. The molecule has 1 aliphatic rings. The van der Waals surface area contributed by atoms with Crippen molar-refractivity contribution in [2.75, 3.05) is 11.5 Å². The zero-order valence-corrected chi connectivity index (χ0v) is 19.7. The molecule has 2 N–H and O–H groups in total. The number of aliphatic hydroxyl groups excluding tert-OH is 1. The lowest BCUT2D eigenvalue weighted by molar-refractivity contribution is -0.132. The summed E-state index contributed by atoms with van der Waals surface area (Å²) in [5, 5.41) is 21.7.